The second kappa shape index (κ2) is 5.70. The molecule has 0 aromatic heterocycles. The monoisotopic (exact) mass is 372 g/mol. The average molecular weight is 372 g/mol. The van der Waals surface area contributed by atoms with E-state index in [1.54, 1.807) is 0 Å². The molecule has 0 aliphatic carbocycles. The first-order chi connectivity index (χ1) is 11.7. The Balaban J connectivity index is 1.62. The van der Waals surface area contributed by atoms with Crippen molar-refractivity contribution in [1.29, 1.82) is 0 Å². The zero-order chi connectivity index (χ0) is 18.0. The van der Waals surface area contributed by atoms with Crippen molar-refractivity contribution in [3.05, 3.63) is 29.8 Å². The maximum Gasteiger partial charge on any atom is 0.243 e. The van der Waals surface area contributed by atoms with Crippen LogP contribution in [0.1, 0.15) is 12.8 Å². The van der Waals surface area contributed by atoms with Crippen molar-refractivity contribution in [3.63, 3.8) is 0 Å². The van der Waals surface area contributed by atoms with Gasteiger partial charge in [0, 0.05) is 31.5 Å². The Bertz CT molecular complexity index is 801. The van der Waals surface area contributed by atoms with E-state index >= 15 is 0 Å². The fraction of sp³-hybridized carbons (Fsp3) is 0.647. The number of fused-ring (bicyclic) bond motifs is 1. The lowest BCUT2D eigenvalue weighted by molar-refractivity contribution is 0.00739. The summed E-state index contributed by atoms with van der Waals surface area (Å²) in [6.45, 7) is 1.52. The summed E-state index contributed by atoms with van der Waals surface area (Å²) in [5, 5.41) is 0. The molecule has 3 fully saturated rings. The molecule has 3 saturated heterocycles. The third kappa shape index (κ3) is 2.61. The first-order valence-electron chi connectivity index (χ1n) is 8.51. The molecule has 1 aromatic carbocycles. The summed E-state index contributed by atoms with van der Waals surface area (Å²) in [5.41, 5.74) is -0.420. The van der Waals surface area contributed by atoms with E-state index in [0.29, 0.717) is 19.0 Å². The van der Waals surface area contributed by atoms with Crippen LogP contribution < -0.4 is 0 Å². The highest BCUT2D eigenvalue weighted by atomic mass is 32.2. The Labute approximate surface area is 146 Å². The molecule has 4 atom stereocenters. The number of ether oxygens (including phenoxy) is 1. The lowest BCUT2D eigenvalue weighted by Gasteiger charge is -2.31. The van der Waals surface area contributed by atoms with Crippen LogP contribution in [0.5, 0.6) is 0 Å². The number of hydrogen-bond acceptors (Lipinski definition) is 4. The normalized spacial score (nSPS) is 34.8. The summed E-state index contributed by atoms with van der Waals surface area (Å²) in [5.74, 6) is -1.76. The van der Waals surface area contributed by atoms with Crippen LogP contribution in [0.15, 0.2) is 23.1 Å². The summed E-state index contributed by atoms with van der Waals surface area (Å²) in [6.07, 6.45) is 2.00. The highest BCUT2D eigenvalue weighted by Crippen LogP contribution is 2.55. The summed E-state index contributed by atoms with van der Waals surface area (Å²) in [7, 11) is 0.138. The molecule has 8 heteroatoms. The van der Waals surface area contributed by atoms with E-state index in [2.05, 4.69) is 4.90 Å². The van der Waals surface area contributed by atoms with Gasteiger partial charge in [0.05, 0.1) is 16.6 Å². The van der Waals surface area contributed by atoms with Gasteiger partial charge in [-0.1, -0.05) is 0 Å². The third-order valence-electron chi connectivity index (χ3n) is 5.86. The van der Waals surface area contributed by atoms with Gasteiger partial charge in [-0.25, -0.2) is 17.2 Å². The molecule has 25 heavy (non-hydrogen) atoms. The van der Waals surface area contributed by atoms with E-state index in [4.69, 9.17) is 4.74 Å². The molecule has 138 valence electrons. The fourth-order valence-electron chi connectivity index (χ4n) is 4.78. The zero-order valence-electron chi connectivity index (χ0n) is 14.3. The van der Waals surface area contributed by atoms with Crippen LogP contribution in [-0.4, -0.2) is 63.1 Å². The molecule has 1 spiro atoms. The fourth-order valence-corrected chi connectivity index (χ4v) is 6.32. The molecule has 0 amide bonds. The molecular formula is C17H22F2N2O3S. The minimum Gasteiger partial charge on any atom is -0.370 e. The van der Waals surface area contributed by atoms with Crippen molar-refractivity contribution in [3.8, 4) is 0 Å². The molecule has 4 rings (SSSR count). The third-order valence-corrected chi connectivity index (χ3v) is 7.67. The molecule has 5 nitrogen and oxygen atoms in total. The Kier molecular flexibility index (Phi) is 3.95. The van der Waals surface area contributed by atoms with E-state index in [-0.39, 0.29) is 16.9 Å². The van der Waals surface area contributed by atoms with Crippen molar-refractivity contribution >= 4 is 10.0 Å². The Morgan fingerprint density at radius 1 is 1.32 bits per heavy atom. The van der Waals surface area contributed by atoms with Crippen molar-refractivity contribution in [2.45, 2.75) is 29.4 Å². The number of sulfonamides is 1. The van der Waals surface area contributed by atoms with Gasteiger partial charge in [-0.2, -0.15) is 4.31 Å². The van der Waals surface area contributed by atoms with E-state index in [0.717, 1.165) is 37.6 Å². The second-order valence-electron chi connectivity index (χ2n) is 7.67. The van der Waals surface area contributed by atoms with Gasteiger partial charge in [-0.3, -0.25) is 0 Å². The zero-order valence-corrected chi connectivity index (χ0v) is 15.1. The smallest absolute Gasteiger partial charge is 0.243 e. The minimum absolute atomic E-state index is 0.147. The molecule has 0 saturated carbocycles. The number of benzene rings is 1. The number of hydrogen-bond donors (Lipinski definition) is 0. The molecule has 3 aliphatic rings. The van der Waals surface area contributed by atoms with Crippen LogP contribution >= 0.6 is 0 Å². The lowest BCUT2D eigenvalue weighted by atomic mass is 9.73. The van der Waals surface area contributed by atoms with Crippen molar-refractivity contribution < 1.29 is 21.9 Å². The summed E-state index contributed by atoms with van der Waals surface area (Å²) < 4.78 is 60.0. The summed E-state index contributed by atoms with van der Waals surface area (Å²) in [4.78, 5) is 1.90. The Morgan fingerprint density at radius 3 is 2.76 bits per heavy atom. The standard InChI is InChI=1S/C17H22F2N2O3S/c1-20(2)8-12-13-9-21(10-17(13)6-5-16(12)24-17)25(22,23)11-3-4-14(18)15(19)7-11/h3-4,7,12-13,16H,5-6,8-10H2,1-2H3/t12-,13+,16+,17+/m0/s1. The average Bonchev–Trinajstić information content (AvgIpc) is 3.19. The molecule has 2 bridgehead atoms. The van der Waals surface area contributed by atoms with Crippen LogP contribution in [0.2, 0.25) is 0 Å². The molecular weight excluding hydrogens is 350 g/mol. The van der Waals surface area contributed by atoms with Crippen LogP contribution in [0.25, 0.3) is 0 Å². The van der Waals surface area contributed by atoms with Crippen molar-refractivity contribution in [1.82, 2.24) is 9.21 Å². The summed E-state index contributed by atoms with van der Waals surface area (Å²) in [6, 6.07) is 2.73. The quantitative estimate of drug-likeness (QED) is 0.807. The molecule has 3 aliphatic heterocycles. The topological polar surface area (TPSA) is 49.9 Å². The SMILES string of the molecule is CN(C)C[C@H]1[C@H]2CN(S(=O)(=O)c3ccc(F)c(F)c3)C[C@]23CC[C@H]1O3. The minimum atomic E-state index is -3.87. The largest absolute Gasteiger partial charge is 0.370 e. The van der Waals surface area contributed by atoms with Gasteiger partial charge in [0.25, 0.3) is 0 Å². The van der Waals surface area contributed by atoms with Gasteiger partial charge < -0.3 is 9.64 Å². The first-order valence-corrected chi connectivity index (χ1v) is 9.95. The number of rotatable bonds is 4. The van der Waals surface area contributed by atoms with Crippen molar-refractivity contribution in [2.24, 2.45) is 11.8 Å². The number of nitrogens with zero attached hydrogens (tertiary/aromatic N) is 2. The molecule has 0 N–H and O–H groups in total. The van der Waals surface area contributed by atoms with Crippen LogP contribution in [0, 0.1) is 23.5 Å². The molecule has 0 radical (unpaired) electrons. The maximum absolute atomic E-state index is 13.5. The predicted molar refractivity (Wildman–Crippen MR) is 87.5 cm³/mol. The molecule has 1 aromatic rings. The van der Waals surface area contributed by atoms with E-state index in [1.807, 2.05) is 14.1 Å². The van der Waals surface area contributed by atoms with Gasteiger partial charge >= 0.3 is 0 Å². The second-order valence-corrected chi connectivity index (χ2v) is 9.60. The van der Waals surface area contributed by atoms with E-state index < -0.39 is 27.3 Å². The highest BCUT2D eigenvalue weighted by Gasteiger charge is 2.64. The Hall–Kier alpha value is -1.09. The van der Waals surface area contributed by atoms with E-state index in [1.165, 1.54) is 4.31 Å². The van der Waals surface area contributed by atoms with Gasteiger partial charge in [-0.05, 0) is 45.1 Å². The summed E-state index contributed by atoms with van der Waals surface area (Å²) >= 11 is 0. The van der Waals surface area contributed by atoms with Gasteiger partial charge in [0.1, 0.15) is 0 Å². The Morgan fingerprint density at radius 2 is 2.08 bits per heavy atom. The maximum atomic E-state index is 13.5. The highest BCUT2D eigenvalue weighted by molar-refractivity contribution is 7.89. The van der Waals surface area contributed by atoms with Crippen LogP contribution in [0.4, 0.5) is 8.78 Å². The van der Waals surface area contributed by atoms with E-state index in [9.17, 15) is 17.2 Å². The van der Waals surface area contributed by atoms with Gasteiger partial charge in [0.2, 0.25) is 10.0 Å². The van der Waals surface area contributed by atoms with Gasteiger partial charge in [0.15, 0.2) is 11.6 Å². The predicted octanol–water partition coefficient (Wildman–Crippen LogP) is 1.69. The van der Waals surface area contributed by atoms with Crippen LogP contribution in [0.3, 0.4) is 0 Å². The van der Waals surface area contributed by atoms with Crippen LogP contribution in [-0.2, 0) is 14.8 Å². The number of halogens is 2. The first kappa shape index (κ1) is 17.3. The van der Waals surface area contributed by atoms with Crippen molar-refractivity contribution in [2.75, 3.05) is 33.7 Å². The van der Waals surface area contributed by atoms with Gasteiger partial charge in [-0.15, -0.1) is 0 Å². The lowest BCUT2D eigenvalue weighted by Crippen LogP contribution is -2.40. The molecule has 0 unspecified atom stereocenters. The molecule has 3 heterocycles.